The molecule has 1 aromatic rings. The van der Waals surface area contributed by atoms with E-state index in [9.17, 15) is 0 Å². The van der Waals surface area contributed by atoms with Crippen LogP contribution in [0.25, 0.3) is 0 Å². The topological polar surface area (TPSA) is 38.0 Å². The van der Waals surface area contributed by atoms with Crippen LogP contribution in [0.1, 0.15) is 69.7 Å². The Morgan fingerprint density at radius 3 is 2.52 bits per heavy atom. The van der Waals surface area contributed by atoms with Gasteiger partial charge in [0.2, 0.25) is 0 Å². The first-order valence-corrected chi connectivity index (χ1v) is 8.52. The molecule has 0 heterocycles. The molecular formula is C19H28N2. The number of hydrogen-bond donors (Lipinski definition) is 2. The summed E-state index contributed by atoms with van der Waals surface area (Å²) in [7, 11) is 0. The van der Waals surface area contributed by atoms with E-state index in [0.717, 1.165) is 12.3 Å². The van der Waals surface area contributed by atoms with Crippen LogP contribution in [0.15, 0.2) is 24.3 Å². The van der Waals surface area contributed by atoms with Crippen LogP contribution in [0.4, 0.5) is 0 Å². The van der Waals surface area contributed by atoms with Gasteiger partial charge in [0.25, 0.3) is 0 Å². The van der Waals surface area contributed by atoms with Crippen molar-refractivity contribution in [3.05, 3.63) is 35.4 Å². The normalized spacial score (nSPS) is 43.2. The highest BCUT2D eigenvalue weighted by Crippen LogP contribution is 2.63. The fourth-order valence-corrected chi connectivity index (χ4v) is 5.75. The summed E-state index contributed by atoms with van der Waals surface area (Å²) in [6.07, 6.45) is 5.26. The average Bonchev–Trinajstić information content (AvgIpc) is 3.04. The summed E-state index contributed by atoms with van der Waals surface area (Å²) in [5.74, 6) is 0.894. The Balaban J connectivity index is 1.63. The SMILES string of the molecule is CC12CCC(C1)C(C)(C)C2NC1CC(N)c2ccccc21. The summed E-state index contributed by atoms with van der Waals surface area (Å²) < 4.78 is 0. The molecular weight excluding hydrogens is 256 g/mol. The summed E-state index contributed by atoms with van der Waals surface area (Å²) in [4.78, 5) is 0. The second kappa shape index (κ2) is 4.33. The van der Waals surface area contributed by atoms with Crippen molar-refractivity contribution in [3.63, 3.8) is 0 Å². The standard InChI is InChI=1S/C19H28N2/c1-18(2)12-8-9-19(3,11-12)17(18)21-16-10-15(20)13-6-4-5-7-14(13)16/h4-7,12,15-17,21H,8-11,20H2,1-3H3. The third-order valence-electron chi connectivity index (χ3n) is 6.90. The van der Waals surface area contributed by atoms with Crippen LogP contribution in [0.5, 0.6) is 0 Å². The molecule has 2 bridgehead atoms. The van der Waals surface area contributed by atoms with Gasteiger partial charge < -0.3 is 11.1 Å². The molecule has 2 fully saturated rings. The highest BCUT2D eigenvalue weighted by molar-refractivity contribution is 5.37. The van der Waals surface area contributed by atoms with Gasteiger partial charge in [0.1, 0.15) is 0 Å². The monoisotopic (exact) mass is 284 g/mol. The molecule has 0 aliphatic heterocycles. The highest BCUT2D eigenvalue weighted by Gasteiger charge is 2.59. The lowest BCUT2D eigenvalue weighted by Gasteiger charge is -2.44. The summed E-state index contributed by atoms with van der Waals surface area (Å²) in [6.45, 7) is 7.45. The smallest absolute Gasteiger partial charge is 0.0344 e. The zero-order valence-corrected chi connectivity index (χ0v) is 13.5. The van der Waals surface area contributed by atoms with E-state index in [0.29, 0.717) is 22.9 Å². The first kappa shape index (κ1) is 13.8. The van der Waals surface area contributed by atoms with Gasteiger partial charge in [-0.15, -0.1) is 0 Å². The van der Waals surface area contributed by atoms with Gasteiger partial charge in [-0.2, -0.15) is 0 Å². The molecule has 5 atom stereocenters. The maximum atomic E-state index is 6.35. The lowest BCUT2D eigenvalue weighted by Crippen LogP contribution is -2.51. The van der Waals surface area contributed by atoms with Gasteiger partial charge in [-0.25, -0.2) is 0 Å². The molecule has 5 unspecified atom stereocenters. The lowest BCUT2D eigenvalue weighted by atomic mass is 9.68. The zero-order chi connectivity index (χ0) is 14.8. The minimum atomic E-state index is 0.202. The van der Waals surface area contributed by atoms with Crippen molar-refractivity contribution < 1.29 is 0 Å². The van der Waals surface area contributed by atoms with Crippen LogP contribution in [0.2, 0.25) is 0 Å². The van der Waals surface area contributed by atoms with Gasteiger partial charge >= 0.3 is 0 Å². The maximum absolute atomic E-state index is 6.35. The van der Waals surface area contributed by atoms with E-state index in [1.54, 1.807) is 0 Å². The maximum Gasteiger partial charge on any atom is 0.0344 e. The van der Waals surface area contributed by atoms with Gasteiger partial charge in [-0.3, -0.25) is 0 Å². The van der Waals surface area contributed by atoms with Crippen LogP contribution < -0.4 is 11.1 Å². The van der Waals surface area contributed by atoms with Gasteiger partial charge in [-0.1, -0.05) is 45.0 Å². The Bertz CT molecular complexity index is 560. The van der Waals surface area contributed by atoms with Gasteiger partial charge in [0.15, 0.2) is 0 Å². The largest absolute Gasteiger partial charge is 0.324 e. The molecule has 3 aliphatic carbocycles. The Kier molecular flexibility index (Phi) is 2.84. The van der Waals surface area contributed by atoms with Crippen molar-refractivity contribution in [1.29, 1.82) is 0 Å². The van der Waals surface area contributed by atoms with E-state index in [1.807, 2.05) is 0 Å². The van der Waals surface area contributed by atoms with Gasteiger partial charge in [0.05, 0.1) is 0 Å². The predicted octanol–water partition coefficient (Wildman–Crippen LogP) is 3.94. The van der Waals surface area contributed by atoms with Crippen molar-refractivity contribution in [3.8, 4) is 0 Å². The van der Waals surface area contributed by atoms with Crippen molar-refractivity contribution in [2.75, 3.05) is 0 Å². The second-order valence-corrected chi connectivity index (χ2v) is 8.54. The van der Waals surface area contributed by atoms with Crippen LogP contribution in [0, 0.1) is 16.7 Å². The van der Waals surface area contributed by atoms with Crippen molar-refractivity contribution in [1.82, 2.24) is 5.32 Å². The summed E-state index contributed by atoms with van der Waals surface area (Å²) >= 11 is 0. The molecule has 114 valence electrons. The number of nitrogens with one attached hydrogen (secondary N) is 1. The zero-order valence-electron chi connectivity index (χ0n) is 13.5. The van der Waals surface area contributed by atoms with Crippen molar-refractivity contribution in [2.45, 2.75) is 64.6 Å². The number of fused-ring (bicyclic) bond motifs is 3. The summed E-state index contributed by atoms with van der Waals surface area (Å²) in [5.41, 5.74) is 10.0. The number of rotatable bonds is 2. The third kappa shape index (κ3) is 1.85. The summed E-state index contributed by atoms with van der Waals surface area (Å²) in [5, 5.41) is 4.05. The van der Waals surface area contributed by atoms with E-state index in [2.05, 4.69) is 50.4 Å². The van der Waals surface area contributed by atoms with Crippen LogP contribution in [-0.4, -0.2) is 6.04 Å². The quantitative estimate of drug-likeness (QED) is 0.863. The molecule has 0 radical (unpaired) electrons. The van der Waals surface area contributed by atoms with Crippen molar-refractivity contribution in [2.24, 2.45) is 22.5 Å². The first-order valence-electron chi connectivity index (χ1n) is 8.52. The molecule has 2 saturated carbocycles. The summed E-state index contributed by atoms with van der Waals surface area (Å²) in [6, 6.07) is 10.00. The Morgan fingerprint density at radius 1 is 1.14 bits per heavy atom. The first-order chi connectivity index (χ1) is 9.92. The Hall–Kier alpha value is -0.860. The molecule has 0 spiro atoms. The average molecular weight is 284 g/mol. The molecule has 0 aromatic heterocycles. The number of benzene rings is 1. The predicted molar refractivity (Wildman–Crippen MR) is 86.9 cm³/mol. The van der Waals surface area contributed by atoms with Gasteiger partial charge in [-0.05, 0) is 53.6 Å². The number of hydrogen-bond acceptors (Lipinski definition) is 2. The Morgan fingerprint density at radius 2 is 1.86 bits per heavy atom. The molecule has 21 heavy (non-hydrogen) atoms. The fraction of sp³-hybridized carbons (Fsp3) is 0.684. The van der Waals surface area contributed by atoms with E-state index >= 15 is 0 Å². The van der Waals surface area contributed by atoms with E-state index in [-0.39, 0.29) is 6.04 Å². The molecule has 0 amide bonds. The van der Waals surface area contributed by atoms with E-state index in [1.165, 1.54) is 30.4 Å². The molecule has 1 aromatic carbocycles. The fourth-order valence-electron chi connectivity index (χ4n) is 5.75. The second-order valence-electron chi connectivity index (χ2n) is 8.54. The number of nitrogens with two attached hydrogens (primary N) is 1. The van der Waals surface area contributed by atoms with Crippen LogP contribution in [0.3, 0.4) is 0 Å². The van der Waals surface area contributed by atoms with E-state index < -0.39 is 0 Å². The van der Waals surface area contributed by atoms with Crippen molar-refractivity contribution >= 4 is 0 Å². The highest BCUT2D eigenvalue weighted by atomic mass is 15.0. The van der Waals surface area contributed by atoms with Crippen LogP contribution in [-0.2, 0) is 0 Å². The molecule has 2 heteroatoms. The third-order valence-corrected chi connectivity index (χ3v) is 6.90. The molecule has 0 saturated heterocycles. The Labute approximate surface area is 128 Å². The molecule has 3 aliphatic rings. The molecule has 4 rings (SSSR count). The van der Waals surface area contributed by atoms with E-state index in [4.69, 9.17) is 5.73 Å². The minimum absolute atomic E-state index is 0.202. The lowest BCUT2D eigenvalue weighted by molar-refractivity contribution is 0.0976. The van der Waals surface area contributed by atoms with Gasteiger partial charge in [0, 0.05) is 18.1 Å². The minimum Gasteiger partial charge on any atom is -0.324 e. The molecule has 3 N–H and O–H groups in total. The van der Waals surface area contributed by atoms with Crippen LogP contribution >= 0.6 is 0 Å². The molecule has 2 nitrogen and oxygen atoms in total.